The minimum absolute atomic E-state index is 0.190. The van der Waals surface area contributed by atoms with Crippen LogP contribution in [0.15, 0.2) is 0 Å². The fourth-order valence-corrected chi connectivity index (χ4v) is 2.43. The zero-order valence-corrected chi connectivity index (χ0v) is 8.41. The standard InChI is InChI=1S/C10H18N2O2/c13-9-3-1-2-8(6-9)12-5-4-11-7-10(12)14/h8-9,11,13H,1-7H2/t8-,9+/m0/s1. The van der Waals surface area contributed by atoms with Crippen LogP contribution in [0.2, 0.25) is 0 Å². The van der Waals surface area contributed by atoms with Crippen molar-refractivity contribution in [2.24, 2.45) is 0 Å². The summed E-state index contributed by atoms with van der Waals surface area (Å²) in [6.45, 7) is 2.15. The van der Waals surface area contributed by atoms with Gasteiger partial charge >= 0.3 is 0 Å². The molecule has 4 nitrogen and oxygen atoms in total. The Morgan fingerprint density at radius 1 is 1.43 bits per heavy atom. The summed E-state index contributed by atoms with van der Waals surface area (Å²) in [7, 11) is 0. The molecule has 0 aromatic rings. The molecule has 0 aromatic carbocycles. The maximum absolute atomic E-state index is 11.6. The molecule has 80 valence electrons. The smallest absolute Gasteiger partial charge is 0.236 e. The topological polar surface area (TPSA) is 52.6 Å². The van der Waals surface area contributed by atoms with Gasteiger partial charge in [0.05, 0.1) is 12.6 Å². The predicted octanol–water partition coefficient (Wildman–Crippen LogP) is -0.278. The van der Waals surface area contributed by atoms with Gasteiger partial charge in [0.15, 0.2) is 0 Å². The molecule has 0 bridgehead atoms. The summed E-state index contributed by atoms with van der Waals surface area (Å²) in [5.74, 6) is 0.190. The van der Waals surface area contributed by atoms with Gasteiger partial charge in [-0.15, -0.1) is 0 Å². The first-order chi connectivity index (χ1) is 6.77. The highest BCUT2D eigenvalue weighted by Gasteiger charge is 2.29. The van der Waals surface area contributed by atoms with E-state index in [0.717, 1.165) is 38.8 Å². The van der Waals surface area contributed by atoms with Crippen molar-refractivity contribution in [1.29, 1.82) is 0 Å². The van der Waals surface area contributed by atoms with Gasteiger partial charge in [-0.2, -0.15) is 0 Å². The van der Waals surface area contributed by atoms with Gasteiger partial charge in [0.25, 0.3) is 0 Å². The summed E-state index contributed by atoms with van der Waals surface area (Å²) in [5, 5.41) is 12.6. The van der Waals surface area contributed by atoms with E-state index in [-0.39, 0.29) is 18.1 Å². The van der Waals surface area contributed by atoms with Crippen molar-refractivity contribution in [3.05, 3.63) is 0 Å². The highest BCUT2D eigenvalue weighted by molar-refractivity contribution is 5.79. The Labute approximate surface area is 84.3 Å². The average Bonchev–Trinajstić information content (AvgIpc) is 2.18. The second kappa shape index (κ2) is 4.28. The molecule has 0 spiro atoms. The molecular formula is C10H18N2O2. The van der Waals surface area contributed by atoms with Crippen LogP contribution < -0.4 is 5.32 Å². The van der Waals surface area contributed by atoms with Gasteiger partial charge in [-0.05, 0) is 25.7 Å². The van der Waals surface area contributed by atoms with Crippen LogP contribution in [-0.2, 0) is 4.79 Å². The summed E-state index contributed by atoms with van der Waals surface area (Å²) >= 11 is 0. The maximum atomic E-state index is 11.6. The van der Waals surface area contributed by atoms with Crippen LogP contribution in [0.25, 0.3) is 0 Å². The lowest BCUT2D eigenvalue weighted by Gasteiger charge is -2.38. The molecule has 2 N–H and O–H groups in total. The summed E-state index contributed by atoms with van der Waals surface area (Å²) in [4.78, 5) is 13.5. The Kier molecular flexibility index (Phi) is 3.03. The number of hydrogen-bond acceptors (Lipinski definition) is 3. The second-order valence-electron chi connectivity index (χ2n) is 4.24. The molecule has 2 rings (SSSR count). The first kappa shape index (κ1) is 9.93. The third-order valence-corrected chi connectivity index (χ3v) is 3.19. The molecule has 14 heavy (non-hydrogen) atoms. The van der Waals surface area contributed by atoms with Gasteiger partial charge in [0.1, 0.15) is 0 Å². The third kappa shape index (κ3) is 2.07. The zero-order valence-electron chi connectivity index (χ0n) is 8.41. The number of aliphatic hydroxyl groups excluding tert-OH is 1. The number of amides is 1. The molecule has 2 aliphatic rings. The Morgan fingerprint density at radius 2 is 2.29 bits per heavy atom. The van der Waals surface area contributed by atoms with E-state index in [2.05, 4.69) is 5.32 Å². The molecule has 1 aliphatic carbocycles. The monoisotopic (exact) mass is 198 g/mol. The van der Waals surface area contributed by atoms with Gasteiger partial charge in [-0.3, -0.25) is 4.79 Å². The number of aliphatic hydroxyl groups is 1. The molecule has 1 aliphatic heterocycles. The van der Waals surface area contributed by atoms with E-state index in [1.165, 1.54) is 0 Å². The van der Waals surface area contributed by atoms with Crippen LogP contribution in [0.3, 0.4) is 0 Å². The quantitative estimate of drug-likeness (QED) is 0.609. The molecule has 1 amide bonds. The first-order valence-electron chi connectivity index (χ1n) is 5.45. The summed E-state index contributed by atoms with van der Waals surface area (Å²) in [5.41, 5.74) is 0. The van der Waals surface area contributed by atoms with Gasteiger partial charge in [-0.1, -0.05) is 0 Å². The normalized spacial score (nSPS) is 34.6. The molecule has 4 heteroatoms. The Balaban J connectivity index is 1.94. The van der Waals surface area contributed by atoms with E-state index in [0.29, 0.717) is 6.54 Å². The van der Waals surface area contributed by atoms with Crippen LogP contribution in [0.1, 0.15) is 25.7 Å². The lowest BCUT2D eigenvalue weighted by molar-refractivity contribution is -0.135. The molecule has 0 radical (unpaired) electrons. The number of nitrogens with one attached hydrogen (secondary N) is 1. The predicted molar refractivity (Wildman–Crippen MR) is 52.8 cm³/mol. The number of nitrogens with zero attached hydrogens (tertiary/aromatic N) is 1. The number of piperazine rings is 1. The van der Waals surface area contributed by atoms with Crippen molar-refractivity contribution in [2.45, 2.75) is 37.8 Å². The Hall–Kier alpha value is -0.610. The Bertz CT molecular complexity index is 220. The number of rotatable bonds is 1. The number of carbonyl (C=O) groups excluding carboxylic acids is 1. The van der Waals surface area contributed by atoms with E-state index in [1.807, 2.05) is 4.90 Å². The Morgan fingerprint density at radius 3 is 3.00 bits per heavy atom. The van der Waals surface area contributed by atoms with Crippen molar-refractivity contribution in [3.8, 4) is 0 Å². The second-order valence-corrected chi connectivity index (χ2v) is 4.24. The van der Waals surface area contributed by atoms with Crippen LogP contribution in [0.4, 0.5) is 0 Å². The van der Waals surface area contributed by atoms with Crippen LogP contribution in [0, 0.1) is 0 Å². The largest absolute Gasteiger partial charge is 0.393 e. The first-order valence-corrected chi connectivity index (χ1v) is 5.45. The van der Waals surface area contributed by atoms with Crippen molar-refractivity contribution in [1.82, 2.24) is 10.2 Å². The zero-order chi connectivity index (χ0) is 9.97. The fourth-order valence-electron chi connectivity index (χ4n) is 2.43. The molecule has 0 unspecified atom stereocenters. The van der Waals surface area contributed by atoms with E-state index in [4.69, 9.17) is 0 Å². The van der Waals surface area contributed by atoms with E-state index in [1.54, 1.807) is 0 Å². The van der Waals surface area contributed by atoms with Gasteiger partial charge in [-0.25, -0.2) is 0 Å². The van der Waals surface area contributed by atoms with E-state index >= 15 is 0 Å². The van der Waals surface area contributed by atoms with Crippen LogP contribution in [0.5, 0.6) is 0 Å². The van der Waals surface area contributed by atoms with Crippen LogP contribution in [-0.4, -0.2) is 47.7 Å². The van der Waals surface area contributed by atoms with E-state index < -0.39 is 0 Å². The van der Waals surface area contributed by atoms with Crippen molar-refractivity contribution in [2.75, 3.05) is 19.6 Å². The van der Waals surface area contributed by atoms with Gasteiger partial charge in [0, 0.05) is 19.1 Å². The maximum Gasteiger partial charge on any atom is 0.236 e. The number of carbonyl (C=O) groups is 1. The fraction of sp³-hybridized carbons (Fsp3) is 0.900. The molecule has 0 aromatic heterocycles. The molecular weight excluding hydrogens is 180 g/mol. The highest BCUT2D eigenvalue weighted by atomic mass is 16.3. The van der Waals surface area contributed by atoms with Crippen molar-refractivity contribution < 1.29 is 9.90 Å². The molecule has 1 heterocycles. The SMILES string of the molecule is O=C1CNCCN1[C@H]1CCC[C@@H](O)C1. The van der Waals surface area contributed by atoms with Gasteiger partial charge < -0.3 is 15.3 Å². The molecule has 2 atom stereocenters. The van der Waals surface area contributed by atoms with Gasteiger partial charge in [0.2, 0.25) is 5.91 Å². The summed E-state index contributed by atoms with van der Waals surface area (Å²) in [6, 6.07) is 0.286. The molecule has 1 saturated heterocycles. The molecule has 2 fully saturated rings. The summed E-state index contributed by atoms with van der Waals surface area (Å²) < 4.78 is 0. The lowest BCUT2D eigenvalue weighted by Crippen LogP contribution is -2.53. The average molecular weight is 198 g/mol. The minimum atomic E-state index is -0.198. The summed E-state index contributed by atoms with van der Waals surface area (Å²) in [6.07, 6.45) is 3.57. The third-order valence-electron chi connectivity index (χ3n) is 3.19. The lowest BCUT2D eigenvalue weighted by atomic mass is 9.91. The van der Waals surface area contributed by atoms with Crippen LogP contribution >= 0.6 is 0 Å². The van der Waals surface area contributed by atoms with Crippen molar-refractivity contribution >= 4 is 5.91 Å². The molecule has 1 saturated carbocycles. The highest BCUT2D eigenvalue weighted by Crippen LogP contribution is 2.23. The van der Waals surface area contributed by atoms with Crippen molar-refractivity contribution in [3.63, 3.8) is 0 Å². The number of hydrogen-bond donors (Lipinski definition) is 2. The minimum Gasteiger partial charge on any atom is -0.393 e. The van der Waals surface area contributed by atoms with E-state index in [9.17, 15) is 9.90 Å².